The standard InChI is InChI=1S/C23H28O7/c1-12-13(2)21(15-9-18(26-5)23-19(10-15)28-11-29-23)30-20(12)14-7-16(24-3)22(27-6)17(8-14)25-4/h7-10,12-13,20-21H,11H2,1-6H3/t12-,13-,20-,21-/m1/s1. The van der Waals surface area contributed by atoms with E-state index in [1.807, 2.05) is 24.3 Å². The summed E-state index contributed by atoms with van der Waals surface area (Å²) in [5, 5.41) is 0. The first-order chi connectivity index (χ1) is 14.5. The minimum absolute atomic E-state index is 0.118. The van der Waals surface area contributed by atoms with E-state index in [-0.39, 0.29) is 30.8 Å². The third-order valence-corrected chi connectivity index (χ3v) is 6.10. The van der Waals surface area contributed by atoms with Crippen LogP contribution >= 0.6 is 0 Å². The second kappa shape index (κ2) is 8.14. The third kappa shape index (κ3) is 3.27. The van der Waals surface area contributed by atoms with Gasteiger partial charge in [-0.3, -0.25) is 0 Å². The van der Waals surface area contributed by atoms with Crippen LogP contribution in [0.15, 0.2) is 24.3 Å². The first-order valence-corrected chi connectivity index (χ1v) is 9.95. The lowest BCUT2D eigenvalue weighted by Gasteiger charge is -2.20. The van der Waals surface area contributed by atoms with Crippen molar-refractivity contribution in [2.45, 2.75) is 26.1 Å². The highest BCUT2D eigenvalue weighted by Gasteiger charge is 2.42. The summed E-state index contributed by atoms with van der Waals surface area (Å²) in [6, 6.07) is 7.87. The molecule has 0 aliphatic carbocycles. The molecule has 0 spiro atoms. The lowest BCUT2D eigenvalue weighted by Crippen LogP contribution is -2.10. The number of ether oxygens (including phenoxy) is 7. The molecule has 30 heavy (non-hydrogen) atoms. The van der Waals surface area contributed by atoms with Crippen LogP contribution in [-0.4, -0.2) is 35.2 Å². The number of hydrogen-bond acceptors (Lipinski definition) is 7. The summed E-state index contributed by atoms with van der Waals surface area (Å²) >= 11 is 0. The molecule has 2 aromatic carbocycles. The quantitative estimate of drug-likeness (QED) is 0.685. The van der Waals surface area contributed by atoms with E-state index in [4.69, 9.17) is 33.2 Å². The molecule has 0 saturated carbocycles. The van der Waals surface area contributed by atoms with Crippen LogP contribution in [0.4, 0.5) is 0 Å². The van der Waals surface area contributed by atoms with Crippen LogP contribution in [0.2, 0.25) is 0 Å². The van der Waals surface area contributed by atoms with E-state index in [1.54, 1.807) is 28.4 Å². The molecule has 2 aliphatic rings. The largest absolute Gasteiger partial charge is 0.493 e. The number of rotatable bonds is 6. The molecule has 2 heterocycles. The minimum atomic E-state index is -0.130. The zero-order valence-electron chi connectivity index (χ0n) is 18.2. The van der Waals surface area contributed by atoms with Gasteiger partial charge in [0.1, 0.15) is 0 Å². The molecule has 7 heteroatoms. The Morgan fingerprint density at radius 1 is 0.700 bits per heavy atom. The van der Waals surface area contributed by atoms with Crippen LogP contribution in [0.5, 0.6) is 34.5 Å². The average molecular weight is 416 g/mol. The molecule has 7 nitrogen and oxygen atoms in total. The van der Waals surface area contributed by atoms with Crippen molar-refractivity contribution in [1.29, 1.82) is 0 Å². The van der Waals surface area contributed by atoms with Crippen molar-refractivity contribution in [2.24, 2.45) is 11.8 Å². The molecule has 0 aromatic heterocycles. The van der Waals surface area contributed by atoms with Crippen molar-refractivity contribution in [3.63, 3.8) is 0 Å². The maximum atomic E-state index is 6.59. The summed E-state index contributed by atoms with van der Waals surface area (Å²) in [4.78, 5) is 0. The molecule has 1 fully saturated rings. The fraction of sp³-hybridized carbons (Fsp3) is 0.478. The molecular formula is C23H28O7. The summed E-state index contributed by atoms with van der Waals surface area (Å²) in [5.74, 6) is 4.30. The van der Waals surface area contributed by atoms with E-state index in [9.17, 15) is 0 Å². The van der Waals surface area contributed by atoms with Crippen LogP contribution in [0, 0.1) is 11.8 Å². The third-order valence-electron chi connectivity index (χ3n) is 6.10. The zero-order chi connectivity index (χ0) is 21.4. The van der Waals surface area contributed by atoms with Crippen LogP contribution in [0.25, 0.3) is 0 Å². The SMILES string of the molecule is COc1cc([C@@H]2O[C@@H](c3cc(OC)c4c(c3)OCO4)[C@H](C)[C@H]2C)cc(OC)c1OC. The van der Waals surface area contributed by atoms with Gasteiger partial charge in [-0.1, -0.05) is 13.8 Å². The lowest BCUT2D eigenvalue weighted by molar-refractivity contribution is 0.0286. The Balaban J connectivity index is 1.69. The normalized spacial score (nSPS) is 24.6. The second-order valence-corrected chi connectivity index (χ2v) is 7.61. The molecule has 0 bridgehead atoms. The maximum absolute atomic E-state index is 6.59. The molecule has 4 rings (SSSR count). The van der Waals surface area contributed by atoms with Gasteiger partial charge in [0.05, 0.1) is 40.6 Å². The molecule has 2 aromatic rings. The minimum Gasteiger partial charge on any atom is -0.493 e. The first-order valence-electron chi connectivity index (χ1n) is 9.95. The Bertz CT molecular complexity index is 901. The van der Waals surface area contributed by atoms with Gasteiger partial charge >= 0.3 is 0 Å². The fourth-order valence-electron chi connectivity index (χ4n) is 4.30. The van der Waals surface area contributed by atoms with E-state index in [0.717, 1.165) is 11.1 Å². The number of benzene rings is 2. The maximum Gasteiger partial charge on any atom is 0.231 e. The Morgan fingerprint density at radius 3 is 1.77 bits per heavy atom. The number of fused-ring (bicyclic) bond motifs is 1. The molecular weight excluding hydrogens is 388 g/mol. The van der Waals surface area contributed by atoms with E-state index in [1.165, 1.54) is 0 Å². The van der Waals surface area contributed by atoms with Crippen molar-refractivity contribution in [1.82, 2.24) is 0 Å². The zero-order valence-corrected chi connectivity index (χ0v) is 18.2. The molecule has 0 N–H and O–H groups in total. The van der Waals surface area contributed by atoms with Gasteiger partial charge in [-0.2, -0.15) is 0 Å². The molecule has 162 valence electrons. The molecule has 4 atom stereocenters. The monoisotopic (exact) mass is 416 g/mol. The van der Waals surface area contributed by atoms with Crippen LogP contribution in [0.1, 0.15) is 37.2 Å². The van der Waals surface area contributed by atoms with Gasteiger partial charge < -0.3 is 33.2 Å². The van der Waals surface area contributed by atoms with E-state index >= 15 is 0 Å². The second-order valence-electron chi connectivity index (χ2n) is 7.61. The summed E-state index contributed by atoms with van der Waals surface area (Å²) in [7, 11) is 6.45. The van der Waals surface area contributed by atoms with Crippen molar-refractivity contribution >= 4 is 0 Å². The van der Waals surface area contributed by atoms with Crippen molar-refractivity contribution in [3.8, 4) is 34.5 Å². The Labute approximate surface area is 176 Å². The van der Waals surface area contributed by atoms with Gasteiger partial charge in [0.25, 0.3) is 0 Å². The highest BCUT2D eigenvalue weighted by atomic mass is 16.7. The van der Waals surface area contributed by atoms with Gasteiger partial charge in [-0.15, -0.1) is 0 Å². The Morgan fingerprint density at radius 2 is 1.23 bits per heavy atom. The Hall–Kier alpha value is -2.80. The highest BCUT2D eigenvalue weighted by molar-refractivity contribution is 5.56. The summed E-state index contributed by atoms with van der Waals surface area (Å²) in [5.41, 5.74) is 1.99. The van der Waals surface area contributed by atoms with Crippen molar-refractivity contribution in [3.05, 3.63) is 35.4 Å². The Kier molecular flexibility index (Phi) is 5.56. The lowest BCUT2D eigenvalue weighted by atomic mass is 9.85. The smallest absolute Gasteiger partial charge is 0.231 e. The molecule has 2 aliphatic heterocycles. The summed E-state index contributed by atoms with van der Waals surface area (Å²) in [6.45, 7) is 4.59. The predicted octanol–water partition coefficient (Wildman–Crippen LogP) is 4.53. The van der Waals surface area contributed by atoms with Gasteiger partial charge in [0.2, 0.25) is 18.3 Å². The van der Waals surface area contributed by atoms with Crippen molar-refractivity contribution < 1.29 is 33.2 Å². The molecule has 0 radical (unpaired) electrons. The number of methoxy groups -OCH3 is 4. The first kappa shape index (κ1) is 20.5. The van der Waals surface area contributed by atoms with E-state index < -0.39 is 0 Å². The number of hydrogen-bond donors (Lipinski definition) is 0. The molecule has 0 amide bonds. The van der Waals surface area contributed by atoms with E-state index in [0.29, 0.717) is 34.5 Å². The van der Waals surface area contributed by atoms with Crippen LogP contribution in [0.3, 0.4) is 0 Å². The van der Waals surface area contributed by atoms with Gasteiger partial charge in [0, 0.05) is 0 Å². The predicted molar refractivity (Wildman–Crippen MR) is 110 cm³/mol. The van der Waals surface area contributed by atoms with Crippen LogP contribution in [-0.2, 0) is 4.74 Å². The van der Waals surface area contributed by atoms with Gasteiger partial charge in [-0.05, 0) is 47.2 Å². The van der Waals surface area contributed by atoms with Gasteiger partial charge in [0.15, 0.2) is 23.0 Å². The van der Waals surface area contributed by atoms with Gasteiger partial charge in [-0.25, -0.2) is 0 Å². The van der Waals surface area contributed by atoms with E-state index in [2.05, 4.69) is 13.8 Å². The summed E-state index contributed by atoms with van der Waals surface area (Å²) < 4.78 is 39.7. The topological polar surface area (TPSA) is 64.6 Å². The van der Waals surface area contributed by atoms with Crippen LogP contribution < -0.4 is 28.4 Å². The molecule has 0 unspecified atom stereocenters. The average Bonchev–Trinajstić information content (AvgIpc) is 3.36. The fourth-order valence-corrected chi connectivity index (χ4v) is 4.30. The van der Waals surface area contributed by atoms with Crippen molar-refractivity contribution in [2.75, 3.05) is 35.2 Å². The highest BCUT2D eigenvalue weighted by Crippen LogP contribution is 2.53. The summed E-state index contributed by atoms with van der Waals surface area (Å²) in [6.07, 6.45) is -0.248. The molecule has 1 saturated heterocycles.